The summed E-state index contributed by atoms with van der Waals surface area (Å²) in [5.41, 5.74) is 6.60. The zero-order valence-corrected chi connectivity index (χ0v) is 19.7. The van der Waals surface area contributed by atoms with E-state index in [4.69, 9.17) is 10.5 Å². The van der Waals surface area contributed by atoms with Gasteiger partial charge in [0.1, 0.15) is 5.75 Å². The van der Waals surface area contributed by atoms with Crippen LogP contribution in [0.1, 0.15) is 58.1 Å². The highest BCUT2D eigenvalue weighted by atomic mass is 16.5. The summed E-state index contributed by atoms with van der Waals surface area (Å²) < 4.78 is 5.76. The molecule has 1 heterocycles. The van der Waals surface area contributed by atoms with Gasteiger partial charge >= 0.3 is 0 Å². The minimum absolute atomic E-state index is 0.0677. The number of aliphatic imine (C=N–C) groups is 1. The molecule has 7 heteroatoms. The van der Waals surface area contributed by atoms with Gasteiger partial charge < -0.3 is 26.0 Å². The van der Waals surface area contributed by atoms with Gasteiger partial charge in [0.2, 0.25) is 5.91 Å². The van der Waals surface area contributed by atoms with E-state index in [-0.39, 0.29) is 17.9 Å². The molecule has 2 rings (SSSR count). The number of carbonyl (C=O) groups is 1. The Morgan fingerprint density at radius 1 is 1.19 bits per heavy atom. The van der Waals surface area contributed by atoms with E-state index in [0.717, 1.165) is 70.2 Å². The molecule has 0 aromatic heterocycles. The number of unbranched alkanes of at least 4 members (excludes halogenated alkanes) is 1. The summed E-state index contributed by atoms with van der Waals surface area (Å²) in [6.45, 7) is 11.1. The van der Waals surface area contributed by atoms with E-state index in [1.165, 1.54) is 5.56 Å². The molecule has 7 nitrogen and oxygen atoms in total. The Morgan fingerprint density at radius 3 is 2.45 bits per heavy atom. The third-order valence-electron chi connectivity index (χ3n) is 5.72. The molecule has 1 aromatic carbocycles. The maximum Gasteiger partial charge on any atom is 0.220 e. The molecular formula is C24H41N5O2. The van der Waals surface area contributed by atoms with Crippen molar-refractivity contribution in [2.75, 3.05) is 39.8 Å². The number of carbonyl (C=O) groups excluding carboxylic acids is 1. The first kappa shape index (κ1) is 25.0. The molecule has 1 aliphatic heterocycles. The van der Waals surface area contributed by atoms with Crippen molar-refractivity contribution in [2.24, 2.45) is 22.6 Å². The van der Waals surface area contributed by atoms with Crippen molar-refractivity contribution in [3.05, 3.63) is 29.8 Å². The van der Waals surface area contributed by atoms with Crippen LogP contribution in [0.4, 0.5) is 0 Å². The molecular weight excluding hydrogens is 390 g/mol. The molecule has 0 spiro atoms. The second-order valence-electron chi connectivity index (χ2n) is 8.86. The molecule has 0 bridgehead atoms. The van der Waals surface area contributed by atoms with Crippen LogP contribution in [0.15, 0.2) is 29.3 Å². The molecule has 1 aromatic rings. The fraction of sp³-hybridized carbons (Fsp3) is 0.667. The van der Waals surface area contributed by atoms with Gasteiger partial charge in [0.15, 0.2) is 5.96 Å². The van der Waals surface area contributed by atoms with Crippen LogP contribution in [0.2, 0.25) is 0 Å². The number of nitrogens with two attached hydrogens (primary N) is 1. The van der Waals surface area contributed by atoms with Crippen molar-refractivity contribution in [3.8, 4) is 5.75 Å². The Hall–Kier alpha value is -2.28. The number of hydrogen-bond donors (Lipinski definition) is 3. The van der Waals surface area contributed by atoms with Gasteiger partial charge in [-0.25, -0.2) is 0 Å². The lowest BCUT2D eigenvalue weighted by molar-refractivity contribution is -0.123. The number of likely N-dealkylation sites (tertiary alicyclic amines) is 1. The van der Waals surface area contributed by atoms with Gasteiger partial charge in [-0.2, -0.15) is 0 Å². The fourth-order valence-electron chi connectivity index (χ4n) is 3.71. The highest BCUT2D eigenvalue weighted by Gasteiger charge is 2.22. The Kier molecular flexibility index (Phi) is 10.6. The molecule has 0 radical (unpaired) electrons. The molecule has 1 amide bonds. The number of nitrogens with one attached hydrogen (secondary N) is 2. The fourth-order valence-corrected chi connectivity index (χ4v) is 3.71. The number of piperidine rings is 1. The van der Waals surface area contributed by atoms with Crippen molar-refractivity contribution in [1.29, 1.82) is 0 Å². The van der Waals surface area contributed by atoms with Crippen molar-refractivity contribution in [3.63, 3.8) is 0 Å². The maximum atomic E-state index is 11.3. The van der Waals surface area contributed by atoms with Crippen molar-refractivity contribution in [2.45, 2.75) is 52.5 Å². The van der Waals surface area contributed by atoms with Crippen LogP contribution in [0.3, 0.4) is 0 Å². The number of guanidine groups is 1. The van der Waals surface area contributed by atoms with E-state index in [1.807, 2.05) is 12.1 Å². The largest absolute Gasteiger partial charge is 0.493 e. The summed E-state index contributed by atoms with van der Waals surface area (Å²) in [5, 5.41) is 6.86. The van der Waals surface area contributed by atoms with Crippen LogP contribution in [0.5, 0.6) is 5.75 Å². The number of hydrogen-bond acceptors (Lipinski definition) is 4. The van der Waals surface area contributed by atoms with Crippen LogP contribution in [-0.2, 0) is 4.79 Å². The van der Waals surface area contributed by atoms with Crippen LogP contribution < -0.4 is 21.1 Å². The molecule has 0 aliphatic carbocycles. The van der Waals surface area contributed by atoms with Crippen molar-refractivity contribution in [1.82, 2.24) is 15.5 Å². The van der Waals surface area contributed by atoms with Gasteiger partial charge in [-0.05, 0) is 75.9 Å². The third kappa shape index (κ3) is 9.17. The quantitative estimate of drug-likeness (QED) is 0.285. The average molecular weight is 432 g/mol. The van der Waals surface area contributed by atoms with E-state index >= 15 is 0 Å². The topological polar surface area (TPSA) is 92.0 Å². The lowest BCUT2D eigenvalue weighted by Crippen LogP contribution is -2.40. The Balaban J connectivity index is 1.64. The summed E-state index contributed by atoms with van der Waals surface area (Å²) in [4.78, 5) is 18.0. The molecule has 1 saturated heterocycles. The second kappa shape index (κ2) is 13.2. The normalized spacial score (nSPS) is 16.9. The van der Waals surface area contributed by atoms with Gasteiger partial charge in [-0.3, -0.25) is 9.79 Å². The molecule has 0 saturated carbocycles. The third-order valence-corrected chi connectivity index (χ3v) is 5.72. The number of nitrogens with zero attached hydrogens (tertiary/aromatic N) is 2. The summed E-state index contributed by atoms with van der Waals surface area (Å²) in [6.07, 6.45) is 3.99. The number of amides is 1. The zero-order chi connectivity index (χ0) is 22.6. The zero-order valence-electron chi connectivity index (χ0n) is 19.7. The van der Waals surface area contributed by atoms with Crippen LogP contribution in [-0.4, -0.2) is 56.6 Å². The van der Waals surface area contributed by atoms with Gasteiger partial charge in [-0.1, -0.05) is 26.0 Å². The number of ether oxygens (including phenoxy) is 1. The number of rotatable bonds is 11. The molecule has 1 atom stereocenters. The summed E-state index contributed by atoms with van der Waals surface area (Å²) in [5.74, 6) is 2.16. The van der Waals surface area contributed by atoms with Crippen LogP contribution >= 0.6 is 0 Å². The summed E-state index contributed by atoms with van der Waals surface area (Å²) in [7, 11) is 1.80. The monoisotopic (exact) mass is 431 g/mol. The van der Waals surface area contributed by atoms with Crippen LogP contribution in [0.25, 0.3) is 0 Å². The van der Waals surface area contributed by atoms with Crippen LogP contribution in [0, 0.1) is 11.8 Å². The Bertz CT molecular complexity index is 682. The predicted molar refractivity (Wildman–Crippen MR) is 127 cm³/mol. The molecule has 1 fully saturated rings. The first-order chi connectivity index (χ1) is 14.9. The second-order valence-corrected chi connectivity index (χ2v) is 8.86. The first-order valence-electron chi connectivity index (χ1n) is 11.6. The molecule has 1 unspecified atom stereocenters. The molecule has 1 aliphatic rings. The van der Waals surface area contributed by atoms with E-state index in [9.17, 15) is 4.79 Å². The smallest absolute Gasteiger partial charge is 0.220 e. The number of primary amides is 1. The van der Waals surface area contributed by atoms with Gasteiger partial charge in [0, 0.05) is 19.5 Å². The van der Waals surface area contributed by atoms with Gasteiger partial charge in [0.05, 0.1) is 12.6 Å². The minimum atomic E-state index is -0.146. The average Bonchev–Trinajstić information content (AvgIpc) is 2.77. The Labute approximate surface area is 187 Å². The van der Waals surface area contributed by atoms with E-state index in [1.54, 1.807) is 7.05 Å². The minimum Gasteiger partial charge on any atom is -0.493 e. The van der Waals surface area contributed by atoms with E-state index in [2.05, 4.69) is 53.4 Å². The summed E-state index contributed by atoms with van der Waals surface area (Å²) >= 11 is 0. The van der Waals surface area contributed by atoms with Crippen molar-refractivity contribution >= 4 is 11.9 Å². The Morgan fingerprint density at radius 2 is 1.87 bits per heavy atom. The van der Waals surface area contributed by atoms with E-state index in [0.29, 0.717) is 5.92 Å². The van der Waals surface area contributed by atoms with E-state index < -0.39 is 0 Å². The standard InChI is InChI=1S/C24H41N5O2/c1-18(2)17-31-22-9-7-20(8-10-22)19(3)28-24(26-4)27-13-5-6-14-29-15-11-21(12-16-29)23(25)30/h7-10,18-19,21H,5-6,11-17H2,1-4H3,(H2,25,30)(H2,26,27,28). The lowest BCUT2D eigenvalue weighted by atomic mass is 9.96. The highest BCUT2D eigenvalue weighted by Crippen LogP contribution is 2.18. The molecule has 31 heavy (non-hydrogen) atoms. The predicted octanol–water partition coefficient (Wildman–Crippen LogP) is 2.92. The molecule has 174 valence electrons. The first-order valence-corrected chi connectivity index (χ1v) is 11.6. The van der Waals surface area contributed by atoms with Gasteiger partial charge in [0.25, 0.3) is 0 Å². The summed E-state index contributed by atoms with van der Waals surface area (Å²) in [6, 6.07) is 8.40. The van der Waals surface area contributed by atoms with Gasteiger partial charge in [-0.15, -0.1) is 0 Å². The van der Waals surface area contributed by atoms with Crippen molar-refractivity contribution < 1.29 is 9.53 Å². The maximum absolute atomic E-state index is 11.3. The lowest BCUT2D eigenvalue weighted by Gasteiger charge is -2.30. The number of benzene rings is 1. The highest BCUT2D eigenvalue weighted by molar-refractivity contribution is 5.80. The SMILES string of the molecule is CN=C(NCCCCN1CCC(C(N)=O)CC1)NC(C)c1ccc(OCC(C)C)cc1. The molecule has 4 N–H and O–H groups in total.